The lowest BCUT2D eigenvalue weighted by molar-refractivity contribution is -0.141. The van der Waals surface area contributed by atoms with E-state index in [4.69, 9.17) is 10.3 Å². The minimum Gasteiger partial charge on any atom is -0.481 e. The van der Waals surface area contributed by atoms with Crippen molar-refractivity contribution in [3.8, 4) is 5.75 Å². The topological polar surface area (TPSA) is 363 Å². The number of aliphatic carboxylic acids is 1. The molecule has 6 atom stereocenters. The molecule has 0 aliphatic heterocycles. The van der Waals surface area contributed by atoms with Crippen LogP contribution in [-0.4, -0.2) is 143 Å². The summed E-state index contributed by atoms with van der Waals surface area (Å²) in [5.41, 5.74) is 6.83. The third-order valence-electron chi connectivity index (χ3n) is 10.4. The summed E-state index contributed by atoms with van der Waals surface area (Å²) < 4.78 is 35.5. The van der Waals surface area contributed by atoms with Gasteiger partial charge in [-0.2, -0.15) is 31.9 Å². The molecule has 3 aromatic rings. The molecule has 0 spiro atoms. The molecule has 0 saturated carbocycles. The van der Waals surface area contributed by atoms with Crippen LogP contribution in [0.5, 0.6) is 5.75 Å². The van der Waals surface area contributed by atoms with Gasteiger partial charge in [-0.05, 0) is 78.0 Å². The molecule has 2 aromatic carbocycles. The van der Waals surface area contributed by atoms with E-state index in [2.05, 4.69) is 46.4 Å². The number of rotatable bonds is 29. The summed E-state index contributed by atoms with van der Waals surface area (Å²) in [4.78, 5) is 122. The van der Waals surface area contributed by atoms with Crippen molar-refractivity contribution < 1.29 is 65.4 Å². The number of carboxylic acid groups (broad SMARTS) is 1. The molecule has 6 unspecified atom stereocenters. The van der Waals surface area contributed by atoms with E-state index in [-0.39, 0.29) is 37.9 Å². The number of aromatic nitrogens is 1. The Balaban J connectivity index is 1.83. The molecule has 26 heteroatoms. The largest absolute Gasteiger partial charge is 0.481 e. The third kappa shape index (κ3) is 21.3. The second kappa shape index (κ2) is 27.9. The summed E-state index contributed by atoms with van der Waals surface area (Å²) in [6, 6.07) is 4.39. The van der Waals surface area contributed by atoms with Crippen LogP contribution in [0.15, 0.2) is 54.7 Å². The van der Waals surface area contributed by atoms with Crippen molar-refractivity contribution >= 4 is 98.1 Å². The second-order valence-electron chi connectivity index (χ2n) is 17.6. The molecule has 390 valence electrons. The van der Waals surface area contributed by atoms with Gasteiger partial charge in [0.1, 0.15) is 42.0 Å². The highest BCUT2D eigenvalue weighted by molar-refractivity contribution is 7.98. The minimum absolute atomic E-state index is 0.00212. The smallest absolute Gasteiger partial charge is 0.446 e. The van der Waals surface area contributed by atoms with Crippen LogP contribution in [0.4, 0.5) is 0 Å². The van der Waals surface area contributed by atoms with E-state index >= 15 is 0 Å². The lowest BCUT2D eigenvalue weighted by Crippen LogP contribution is -2.59. The molecular formula is C45H63N9O14S3. The Morgan fingerprint density at radius 3 is 1.76 bits per heavy atom. The molecule has 0 saturated heterocycles. The van der Waals surface area contributed by atoms with Crippen molar-refractivity contribution in [2.24, 2.45) is 11.1 Å². The number of aromatic amines is 1. The van der Waals surface area contributed by atoms with E-state index < -0.39 is 118 Å². The Bertz CT molecular complexity index is 2480. The van der Waals surface area contributed by atoms with E-state index in [0.29, 0.717) is 22.6 Å². The van der Waals surface area contributed by atoms with Crippen LogP contribution in [0, 0.1) is 5.41 Å². The van der Waals surface area contributed by atoms with Crippen molar-refractivity contribution in [2.45, 2.75) is 102 Å². The Kier molecular flexibility index (Phi) is 23.1. The highest BCUT2D eigenvalue weighted by Crippen LogP contribution is 2.22. The average molecular weight is 1050 g/mol. The summed E-state index contributed by atoms with van der Waals surface area (Å²) in [5.74, 6) is -7.52. The number of amides is 8. The number of hydrogen-bond donors (Lipinski definition) is 11. The molecule has 0 fully saturated rings. The fourth-order valence-electron chi connectivity index (χ4n) is 7.08. The highest BCUT2D eigenvalue weighted by Gasteiger charge is 2.34. The van der Waals surface area contributed by atoms with Gasteiger partial charge in [-0.15, -0.1) is 0 Å². The van der Waals surface area contributed by atoms with Gasteiger partial charge in [0, 0.05) is 36.9 Å². The number of nitrogens with one attached hydrogen (secondary N) is 8. The molecule has 1 heterocycles. The number of primary amides is 1. The first-order valence-electron chi connectivity index (χ1n) is 22.1. The number of carbonyl (C=O) groups excluding carboxylic acids is 8. The summed E-state index contributed by atoms with van der Waals surface area (Å²) >= 11 is 2.70. The lowest BCUT2D eigenvalue weighted by Gasteiger charge is -2.27. The van der Waals surface area contributed by atoms with Crippen molar-refractivity contribution in [3.63, 3.8) is 0 Å². The molecule has 71 heavy (non-hydrogen) atoms. The summed E-state index contributed by atoms with van der Waals surface area (Å²) in [6.45, 7) is 5.92. The molecule has 0 aliphatic carbocycles. The van der Waals surface area contributed by atoms with Crippen molar-refractivity contribution in [2.75, 3.05) is 30.6 Å². The quantitative estimate of drug-likeness (QED) is 0.0410. The maximum atomic E-state index is 14.2. The number of hydrogen-bond acceptors (Lipinski definition) is 14. The zero-order chi connectivity index (χ0) is 53.1. The average Bonchev–Trinajstić information content (AvgIpc) is 3.68. The van der Waals surface area contributed by atoms with Gasteiger partial charge in [-0.3, -0.25) is 47.7 Å². The molecule has 3 rings (SSSR count). The maximum Gasteiger partial charge on any atom is 0.446 e. The first-order chi connectivity index (χ1) is 33.3. The first kappa shape index (κ1) is 58.9. The van der Waals surface area contributed by atoms with Crippen LogP contribution < -0.4 is 47.1 Å². The minimum atomic E-state index is -4.79. The fourth-order valence-corrected chi connectivity index (χ4v) is 8.37. The summed E-state index contributed by atoms with van der Waals surface area (Å²) in [6.07, 6.45) is 4.27. The number of carbonyl (C=O) groups is 9. The molecular weight excluding hydrogens is 987 g/mol. The number of H-pyrrole nitrogens is 1. The van der Waals surface area contributed by atoms with E-state index in [9.17, 15) is 56.7 Å². The Morgan fingerprint density at radius 1 is 0.704 bits per heavy atom. The molecule has 12 N–H and O–H groups in total. The Labute approximate surface area is 419 Å². The Morgan fingerprint density at radius 2 is 1.23 bits per heavy atom. The zero-order valence-electron chi connectivity index (χ0n) is 40.1. The molecule has 0 aliphatic rings. The van der Waals surface area contributed by atoms with Crippen molar-refractivity contribution in [1.29, 1.82) is 0 Å². The van der Waals surface area contributed by atoms with Crippen LogP contribution in [-0.2, 0) is 66.4 Å². The van der Waals surface area contributed by atoms with Gasteiger partial charge >= 0.3 is 16.4 Å². The van der Waals surface area contributed by atoms with Crippen molar-refractivity contribution in [3.05, 3.63) is 65.9 Å². The number of thioether (sulfide) groups is 2. The number of para-hydroxylation sites is 1. The van der Waals surface area contributed by atoms with Crippen LogP contribution in [0.25, 0.3) is 10.9 Å². The normalized spacial score (nSPS) is 14.0. The molecule has 23 nitrogen and oxygen atoms in total. The van der Waals surface area contributed by atoms with Crippen LogP contribution in [0.2, 0.25) is 0 Å². The fraction of sp³-hybridized carbons (Fsp3) is 0.489. The van der Waals surface area contributed by atoms with Gasteiger partial charge in [-0.25, -0.2) is 0 Å². The van der Waals surface area contributed by atoms with Gasteiger partial charge in [0.05, 0.1) is 13.0 Å². The summed E-state index contributed by atoms with van der Waals surface area (Å²) in [7, 11) is -4.79. The van der Waals surface area contributed by atoms with Gasteiger partial charge in [0.25, 0.3) is 0 Å². The zero-order valence-corrected chi connectivity index (χ0v) is 42.6. The van der Waals surface area contributed by atoms with Crippen LogP contribution >= 0.6 is 23.5 Å². The van der Waals surface area contributed by atoms with Crippen LogP contribution in [0.3, 0.4) is 0 Å². The predicted octanol–water partition coefficient (Wildman–Crippen LogP) is 0.0820. The van der Waals surface area contributed by atoms with E-state index in [0.717, 1.165) is 10.9 Å². The molecule has 0 bridgehead atoms. The molecule has 0 radical (unpaired) electrons. The maximum absolute atomic E-state index is 14.2. The monoisotopic (exact) mass is 1050 g/mol. The number of nitrogens with two attached hydrogens (primary N) is 1. The molecule has 8 amide bonds. The first-order valence-corrected chi connectivity index (χ1v) is 26.3. The van der Waals surface area contributed by atoms with Gasteiger partial charge in [0.15, 0.2) is 0 Å². The van der Waals surface area contributed by atoms with Gasteiger partial charge in [-0.1, -0.05) is 51.1 Å². The highest BCUT2D eigenvalue weighted by atomic mass is 32.3. The van der Waals surface area contributed by atoms with E-state index in [1.807, 2.05) is 0 Å². The molecule has 1 aromatic heterocycles. The standard InChI is InChI=1S/C45H63N9O14S3/c1-25(55)49-33(19-26-11-13-28(14-12-26)68-71(65,66)67)42(62)51-31(15-17-69-5)40(60)48-24-37(56)50-34(20-27-23-47-30-10-8-7-9-29(27)30)43(63)52-32(16-18-70-6)41(61)53-35(21-38(57)58)44(64)54-36(39(46)59)22-45(2,3)4/h7-14,23,31-36,47H,15-22,24H2,1-6H3,(H2,46,59)(H,48,60)(H,49,55)(H,50,56)(H,51,62)(H,52,63)(H,53,61)(H,54,64)(H,57,58)(H,65,66,67). The van der Waals surface area contributed by atoms with E-state index in [1.165, 1.54) is 54.7 Å². The van der Waals surface area contributed by atoms with Gasteiger partial charge < -0.3 is 57.2 Å². The SMILES string of the molecule is CSCCC(NC(=O)C(Cc1ccc(OS(=O)(=O)O)cc1)NC(C)=O)C(=O)NCC(=O)NC(Cc1c[nH]c2ccccc12)C(=O)NC(CCSC)C(=O)NC(CC(=O)O)C(=O)NC(CC(C)(C)C)C(N)=O. The number of benzene rings is 2. The lowest BCUT2D eigenvalue weighted by atomic mass is 9.87. The third-order valence-corrected chi connectivity index (χ3v) is 12.1. The van der Waals surface area contributed by atoms with Crippen molar-refractivity contribution in [1.82, 2.24) is 42.2 Å². The Hall–Kier alpha value is -6.38. The summed E-state index contributed by atoms with van der Waals surface area (Å²) in [5, 5.41) is 28.1. The number of carboxylic acids is 1. The number of fused-ring (bicyclic) bond motifs is 1. The van der Waals surface area contributed by atoms with Crippen LogP contribution in [0.1, 0.15) is 64.5 Å². The van der Waals surface area contributed by atoms with E-state index in [1.54, 1.807) is 63.7 Å². The van der Waals surface area contributed by atoms with Gasteiger partial charge in [0.2, 0.25) is 47.3 Å². The predicted molar refractivity (Wildman–Crippen MR) is 266 cm³/mol. The second-order valence-corrected chi connectivity index (χ2v) is 20.6.